The van der Waals surface area contributed by atoms with Crippen LogP contribution < -0.4 is 4.74 Å². The van der Waals surface area contributed by atoms with Crippen molar-refractivity contribution in [2.75, 3.05) is 0 Å². The number of nitrogens with zero attached hydrogens (tertiary/aromatic N) is 4. The van der Waals surface area contributed by atoms with Crippen molar-refractivity contribution in [1.29, 1.82) is 0 Å². The molecule has 21 heavy (non-hydrogen) atoms. The average Bonchev–Trinajstić information content (AvgIpc) is 2.93. The summed E-state index contributed by atoms with van der Waals surface area (Å²) < 4.78 is 54.6. The second-order valence-electron chi connectivity index (χ2n) is 3.77. The summed E-state index contributed by atoms with van der Waals surface area (Å²) in [7, 11) is 0. The van der Waals surface area contributed by atoms with Crippen molar-refractivity contribution in [3.05, 3.63) is 42.5 Å². The van der Waals surface area contributed by atoms with Crippen LogP contribution in [0.25, 0.3) is 0 Å². The maximum atomic E-state index is 14.0. The smallest absolute Gasteiger partial charge is 0.410 e. The van der Waals surface area contributed by atoms with E-state index in [1.54, 1.807) is 0 Å². The molecule has 0 saturated carbocycles. The largest absolute Gasteiger partial charge is 0.573 e. The fraction of sp³-hybridized carbons (Fsp3) is 0.182. The Morgan fingerprint density at radius 3 is 2.43 bits per heavy atom. The van der Waals surface area contributed by atoms with Crippen molar-refractivity contribution < 1.29 is 27.5 Å². The van der Waals surface area contributed by atoms with E-state index in [-0.39, 0.29) is 5.56 Å². The van der Waals surface area contributed by atoms with Crippen LogP contribution >= 0.6 is 0 Å². The Bertz CT molecular complexity index is 610. The van der Waals surface area contributed by atoms with Crippen LogP contribution in [0.15, 0.2) is 42.1 Å². The summed E-state index contributed by atoms with van der Waals surface area (Å²) in [4.78, 5) is 3.54. The van der Waals surface area contributed by atoms with Gasteiger partial charge in [-0.1, -0.05) is 5.16 Å². The van der Waals surface area contributed by atoms with Crippen LogP contribution in [0.4, 0.5) is 17.6 Å². The Morgan fingerprint density at radius 2 is 1.95 bits per heavy atom. The Kier molecular flexibility index (Phi) is 4.05. The van der Waals surface area contributed by atoms with Gasteiger partial charge < -0.3 is 9.94 Å². The molecule has 1 aromatic heterocycles. The summed E-state index contributed by atoms with van der Waals surface area (Å²) in [5.74, 6) is -0.472. The fourth-order valence-corrected chi connectivity index (χ4v) is 1.53. The molecule has 0 bridgehead atoms. The zero-order valence-electron chi connectivity index (χ0n) is 10.2. The topological polar surface area (TPSA) is 72.5 Å². The molecule has 0 amide bonds. The molecule has 0 aliphatic carbocycles. The molecule has 1 aromatic carbocycles. The number of oxime groups is 1. The molecule has 0 saturated heterocycles. The Morgan fingerprint density at radius 1 is 1.29 bits per heavy atom. The van der Waals surface area contributed by atoms with Gasteiger partial charge in [0.05, 0.1) is 0 Å². The lowest BCUT2D eigenvalue weighted by atomic mass is 10.1. The highest BCUT2D eigenvalue weighted by atomic mass is 19.4. The monoisotopic (exact) mass is 304 g/mol. The second-order valence-corrected chi connectivity index (χ2v) is 3.77. The molecule has 2 rings (SSSR count). The average molecular weight is 304 g/mol. The standard InChI is InChI=1S/C11H8F4N4O2/c12-10(19-6-16-5-17-19)9(18-20)7-1-3-8(4-2-7)21-11(13,14)15/h1-6,10,20H/b18-9-. The summed E-state index contributed by atoms with van der Waals surface area (Å²) in [5, 5.41) is 15.2. The third kappa shape index (κ3) is 3.68. The highest BCUT2D eigenvalue weighted by molar-refractivity contribution is 6.02. The summed E-state index contributed by atoms with van der Waals surface area (Å²) in [6.07, 6.45) is -4.61. The second kappa shape index (κ2) is 5.77. The van der Waals surface area contributed by atoms with Gasteiger partial charge in [0.25, 0.3) is 0 Å². The van der Waals surface area contributed by atoms with Gasteiger partial charge in [0.15, 0.2) is 0 Å². The van der Waals surface area contributed by atoms with Crippen LogP contribution in [-0.4, -0.2) is 32.0 Å². The van der Waals surface area contributed by atoms with Crippen LogP contribution in [0, 0.1) is 0 Å². The molecule has 0 radical (unpaired) electrons. The number of benzene rings is 1. The Labute approximate surface area is 115 Å². The van der Waals surface area contributed by atoms with E-state index in [9.17, 15) is 17.6 Å². The molecule has 6 nitrogen and oxygen atoms in total. The third-order valence-corrected chi connectivity index (χ3v) is 2.39. The van der Waals surface area contributed by atoms with E-state index in [1.807, 2.05) is 0 Å². The minimum absolute atomic E-state index is 0.0648. The molecule has 10 heteroatoms. The van der Waals surface area contributed by atoms with Gasteiger partial charge in [0, 0.05) is 5.56 Å². The van der Waals surface area contributed by atoms with E-state index in [0.717, 1.165) is 41.6 Å². The van der Waals surface area contributed by atoms with Gasteiger partial charge in [-0.15, -0.1) is 13.2 Å². The van der Waals surface area contributed by atoms with Gasteiger partial charge in [-0.3, -0.25) is 0 Å². The number of rotatable bonds is 4. The molecule has 1 heterocycles. The minimum Gasteiger partial charge on any atom is -0.410 e. The van der Waals surface area contributed by atoms with E-state index >= 15 is 0 Å². The molecule has 0 aliphatic rings. The summed E-state index contributed by atoms with van der Waals surface area (Å²) in [6, 6.07) is 4.20. The molecular weight excluding hydrogens is 296 g/mol. The Hall–Kier alpha value is -2.65. The summed E-state index contributed by atoms with van der Waals surface area (Å²) in [5.41, 5.74) is -0.367. The molecular formula is C11H8F4N4O2. The number of ether oxygens (including phenoxy) is 1. The van der Waals surface area contributed by atoms with Crippen molar-refractivity contribution in [1.82, 2.24) is 14.8 Å². The van der Waals surface area contributed by atoms with Crippen LogP contribution in [0.5, 0.6) is 5.75 Å². The molecule has 2 aromatic rings. The zero-order valence-corrected chi connectivity index (χ0v) is 10.2. The van der Waals surface area contributed by atoms with Crippen molar-refractivity contribution >= 4 is 5.71 Å². The number of aromatic nitrogens is 3. The predicted octanol–water partition coefficient (Wildman–Crippen LogP) is 2.52. The molecule has 1 N–H and O–H groups in total. The van der Waals surface area contributed by atoms with Crippen molar-refractivity contribution in [3.8, 4) is 5.75 Å². The fourth-order valence-electron chi connectivity index (χ4n) is 1.53. The SMILES string of the molecule is O/N=C(/c1ccc(OC(F)(F)F)cc1)C(F)n1cncn1. The lowest BCUT2D eigenvalue weighted by Gasteiger charge is -2.12. The lowest BCUT2D eigenvalue weighted by Crippen LogP contribution is -2.18. The van der Waals surface area contributed by atoms with E-state index in [2.05, 4.69) is 20.0 Å². The molecule has 0 fully saturated rings. The first-order valence-corrected chi connectivity index (χ1v) is 5.47. The number of hydrogen-bond acceptors (Lipinski definition) is 5. The maximum absolute atomic E-state index is 14.0. The van der Waals surface area contributed by atoms with Gasteiger partial charge in [-0.25, -0.2) is 14.1 Å². The van der Waals surface area contributed by atoms with Gasteiger partial charge in [-0.2, -0.15) is 5.10 Å². The predicted molar refractivity (Wildman–Crippen MR) is 61.6 cm³/mol. The quantitative estimate of drug-likeness (QED) is 0.408. The molecule has 0 spiro atoms. The van der Waals surface area contributed by atoms with Gasteiger partial charge >= 0.3 is 6.36 Å². The van der Waals surface area contributed by atoms with Gasteiger partial charge in [0.1, 0.15) is 24.1 Å². The number of hydrogen-bond donors (Lipinski definition) is 1. The number of halogens is 4. The molecule has 1 unspecified atom stereocenters. The normalized spacial score (nSPS) is 14.0. The highest BCUT2D eigenvalue weighted by Gasteiger charge is 2.31. The van der Waals surface area contributed by atoms with E-state index in [1.165, 1.54) is 0 Å². The summed E-state index contributed by atoms with van der Waals surface area (Å²) in [6.45, 7) is 0. The van der Waals surface area contributed by atoms with Crippen LogP contribution in [-0.2, 0) is 0 Å². The maximum Gasteiger partial charge on any atom is 0.573 e. The summed E-state index contributed by atoms with van der Waals surface area (Å²) >= 11 is 0. The van der Waals surface area contributed by atoms with Crippen LogP contribution in [0.2, 0.25) is 0 Å². The van der Waals surface area contributed by atoms with Crippen molar-refractivity contribution in [3.63, 3.8) is 0 Å². The van der Waals surface area contributed by atoms with E-state index in [4.69, 9.17) is 5.21 Å². The first kappa shape index (κ1) is 14.8. The lowest BCUT2D eigenvalue weighted by molar-refractivity contribution is -0.274. The van der Waals surface area contributed by atoms with Gasteiger partial charge in [0.2, 0.25) is 6.30 Å². The molecule has 0 aliphatic heterocycles. The zero-order chi connectivity index (χ0) is 15.5. The highest BCUT2D eigenvalue weighted by Crippen LogP contribution is 2.24. The minimum atomic E-state index is -4.82. The van der Waals surface area contributed by atoms with E-state index in [0.29, 0.717) is 0 Å². The van der Waals surface area contributed by atoms with Crippen LogP contribution in [0.1, 0.15) is 11.9 Å². The van der Waals surface area contributed by atoms with E-state index < -0.39 is 24.1 Å². The van der Waals surface area contributed by atoms with Crippen molar-refractivity contribution in [2.24, 2.45) is 5.16 Å². The van der Waals surface area contributed by atoms with Gasteiger partial charge in [-0.05, 0) is 24.3 Å². The number of alkyl halides is 4. The molecule has 112 valence electrons. The molecule has 1 atom stereocenters. The van der Waals surface area contributed by atoms with Crippen LogP contribution in [0.3, 0.4) is 0 Å². The Balaban J connectivity index is 2.20. The van der Waals surface area contributed by atoms with Crippen molar-refractivity contribution in [2.45, 2.75) is 12.7 Å². The third-order valence-electron chi connectivity index (χ3n) is 2.39. The first-order chi connectivity index (χ1) is 9.90. The first-order valence-electron chi connectivity index (χ1n) is 5.47.